The van der Waals surface area contributed by atoms with Gasteiger partial charge in [0, 0.05) is 13.1 Å². The van der Waals surface area contributed by atoms with Crippen LogP contribution >= 0.6 is 0 Å². The molecule has 2 unspecified atom stereocenters. The van der Waals surface area contributed by atoms with Crippen molar-refractivity contribution in [1.29, 1.82) is 0 Å². The lowest BCUT2D eigenvalue weighted by Crippen LogP contribution is -2.36. The molecular weight excluding hydrogens is 166 g/mol. The van der Waals surface area contributed by atoms with Crippen molar-refractivity contribution in [2.75, 3.05) is 26.7 Å². The second kappa shape index (κ2) is 3.66. The predicted octanol–water partition coefficient (Wildman–Crippen LogP) is 1.14. The highest BCUT2D eigenvalue weighted by Crippen LogP contribution is 2.35. The van der Waals surface area contributed by atoms with Crippen LogP contribution in [-0.2, 0) is 9.53 Å². The van der Waals surface area contributed by atoms with Crippen molar-refractivity contribution in [1.82, 2.24) is 4.90 Å². The molecule has 13 heavy (non-hydrogen) atoms. The summed E-state index contributed by atoms with van der Waals surface area (Å²) in [5.41, 5.74) is -0.301. The molecule has 0 saturated carbocycles. The molecule has 1 fully saturated rings. The SMILES string of the molecule is CCOC(=O)C1(C)CN(C)CC1C. The summed E-state index contributed by atoms with van der Waals surface area (Å²) >= 11 is 0. The van der Waals surface area contributed by atoms with Crippen molar-refractivity contribution in [3.8, 4) is 0 Å². The highest BCUT2D eigenvalue weighted by molar-refractivity contribution is 5.77. The Morgan fingerprint density at radius 3 is 2.69 bits per heavy atom. The fraction of sp³-hybridized carbons (Fsp3) is 0.900. The maximum atomic E-state index is 11.7. The number of hydrogen-bond donors (Lipinski definition) is 0. The Kier molecular flexibility index (Phi) is 2.96. The van der Waals surface area contributed by atoms with Crippen molar-refractivity contribution in [2.45, 2.75) is 20.8 Å². The lowest BCUT2D eigenvalue weighted by molar-refractivity contribution is -0.155. The summed E-state index contributed by atoms with van der Waals surface area (Å²) in [5.74, 6) is 0.336. The molecule has 2 atom stereocenters. The molecule has 0 aliphatic carbocycles. The summed E-state index contributed by atoms with van der Waals surface area (Å²) in [4.78, 5) is 13.9. The molecule has 1 heterocycles. The van der Waals surface area contributed by atoms with E-state index >= 15 is 0 Å². The summed E-state index contributed by atoms with van der Waals surface area (Å²) in [5, 5.41) is 0. The standard InChI is InChI=1S/C10H19NO2/c1-5-13-9(12)10(3)7-11(4)6-8(10)2/h8H,5-7H2,1-4H3. The Bertz CT molecular complexity index is 205. The van der Waals surface area contributed by atoms with E-state index in [2.05, 4.69) is 11.8 Å². The molecule has 0 aromatic rings. The maximum Gasteiger partial charge on any atom is 0.313 e. The molecule has 1 saturated heterocycles. The zero-order valence-corrected chi connectivity index (χ0v) is 8.96. The van der Waals surface area contributed by atoms with E-state index in [1.165, 1.54) is 0 Å². The number of carbonyl (C=O) groups excluding carboxylic acids is 1. The third-order valence-corrected chi connectivity index (χ3v) is 3.01. The zero-order valence-electron chi connectivity index (χ0n) is 8.96. The molecule has 0 bridgehead atoms. The zero-order chi connectivity index (χ0) is 10.1. The first-order valence-corrected chi connectivity index (χ1v) is 4.86. The van der Waals surface area contributed by atoms with Crippen molar-refractivity contribution in [3.05, 3.63) is 0 Å². The molecule has 3 nitrogen and oxygen atoms in total. The lowest BCUT2D eigenvalue weighted by Gasteiger charge is -2.25. The van der Waals surface area contributed by atoms with Gasteiger partial charge in [0.1, 0.15) is 0 Å². The molecule has 1 aliphatic rings. The van der Waals surface area contributed by atoms with Crippen LogP contribution in [0.2, 0.25) is 0 Å². The summed E-state index contributed by atoms with van der Waals surface area (Å²) in [6.07, 6.45) is 0. The first-order valence-electron chi connectivity index (χ1n) is 4.86. The lowest BCUT2D eigenvalue weighted by atomic mass is 9.81. The molecule has 0 aromatic carbocycles. The number of ether oxygens (including phenoxy) is 1. The normalized spacial score (nSPS) is 34.9. The van der Waals surface area contributed by atoms with Gasteiger partial charge in [-0.15, -0.1) is 0 Å². The average molecular weight is 185 g/mol. The summed E-state index contributed by atoms with van der Waals surface area (Å²) in [6, 6.07) is 0. The largest absolute Gasteiger partial charge is 0.466 e. The number of nitrogens with zero attached hydrogens (tertiary/aromatic N) is 1. The van der Waals surface area contributed by atoms with E-state index in [1.807, 2.05) is 20.9 Å². The monoisotopic (exact) mass is 185 g/mol. The molecule has 76 valence electrons. The van der Waals surface area contributed by atoms with Crippen LogP contribution < -0.4 is 0 Å². The van der Waals surface area contributed by atoms with Crippen LogP contribution in [0, 0.1) is 11.3 Å². The Hall–Kier alpha value is -0.570. The first kappa shape index (κ1) is 10.5. The Morgan fingerprint density at radius 2 is 2.31 bits per heavy atom. The Balaban J connectivity index is 2.69. The van der Waals surface area contributed by atoms with Crippen LogP contribution in [0.15, 0.2) is 0 Å². The van der Waals surface area contributed by atoms with E-state index < -0.39 is 0 Å². The van der Waals surface area contributed by atoms with Crippen molar-refractivity contribution >= 4 is 5.97 Å². The van der Waals surface area contributed by atoms with Crippen molar-refractivity contribution < 1.29 is 9.53 Å². The van der Waals surface area contributed by atoms with Gasteiger partial charge in [-0.05, 0) is 26.8 Å². The van der Waals surface area contributed by atoms with Crippen LogP contribution in [0.4, 0.5) is 0 Å². The van der Waals surface area contributed by atoms with Gasteiger partial charge in [-0.1, -0.05) is 6.92 Å². The summed E-state index contributed by atoms with van der Waals surface area (Å²) in [7, 11) is 2.04. The van der Waals surface area contributed by atoms with Gasteiger partial charge >= 0.3 is 5.97 Å². The molecule has 0 amide bonds. The van der Waals surface area contributed by atoms with Gasteiger partial charge in [0.2, 0.25) is 0 Å². The number of esters is 1. The van der Waals surface area contributed by atoms with E-state index in [0.717, 1.165) is 13.1 Å². The van der Waals surface area contributed by atoms with Gasteiger partial charge in [0.05, 0.1) is 12.0 Å². The smallest absolute Gasteiger partial charge is 0.313 e. The van der Waals surface area contributed by atoms with Crippen molar-refractivity contribution in [2.24, 2.45) is 11.3 Å². The highest BCUT2D eigenvalue weighted by atomic mass is 16.5. The van der Waals surface area contributed by atoms with E-state index in [0.29, 0.717) is 12.5 Å². The van der Waals surface area contributed by atoms with Crippen LogP contribution in [0.3, 0.4) is 0 Å². The molecular formula is C10H19NO2. The molecule has 1 rings (SSSR count). The molecule has 0 radical (unpaired) electrons. The van der Waals surface area contributed by atoms with Gasteiger partial charge in [0.25, 0.3) is 0 Å². The minimum absolute atomic E-state index is 0.0492. The predicted molar refractivity (Wildman–Crippen MR) is 51.4 cm³/mol. The number of carbonyl (C=O) groups is 1. The second-order valence-corrected chi connectivity index (χ2v) is 4.24. The van der Waals surface area contributed by atoms with Crippen LogP contribution in [0.1, 0.15) is 20.8 Å². The van der Waals surface area contributed by atoms with Crippen LogP contribution in [0.25, 0.3) is 0 Å². The Labute approximate surface area is 80.1 Å². The van der Waals surface area contributed by atoms with Gasteiger partial charge in [0.15, 0.2) is 0 Å². The molecule has 0 spiro atoms. The van der Waals surface area contributed by atoms with Crippen molar-refractivity contribution in [3.63, 3.8) is 0 Å². The van der Waals surface area contributed by atoms with Gasteiger partial charge < -0.3 is 9.64 Å². The fourth-order valence-corrected chi connectivity index (χ4v) is 2.01. The molecule has 1 aliphatic heterocycles. The van der Waals surface area contributed by atoms with Crippen LogP contribution in [0.5, 0.6) is 0 Å². The second-order valence-electron chi connectivity index (χ2n) is 4.24. The minimum Gasteiger partial charge on any atom is -0.466 e. The molecule has 3 heteroatoms. The first-order chi connectivity index (χ1) is 6.00. The fourth-order valence-electron chi connectivity index (χ4n) is 2.01. The third kappa shape index (κ3) is 1.85. The molecule has 0 N–H and O–H groups in total. The minimum atomic E-state index is -0.301. The Morgan fingerprint density at radius 1 is 1.69 bits per heavy atom. The van der Waals surface area contributed by atoms with E-state index in [9.17, 15) is 4.79 Å². The third-order valence-electron chi connectivity index (χ3n) is 3.01. The summed E-state index contributed by atoms with van der Waals surface area (Å²) < 4.78 is 5.08. The number of hydrogen-bond acceptors (Lipinski definition) is 3. The van der Waals surface area contributed by atoms with Gasteiger partial charge in [-0.25, -0.2) is 0 Å². The number of likely N-dealkylation sites (tertiary alicyclic amines) is 1. The van der Waals surface area contributed by atoms with Gasteiger partial charge in [-0.3, -0.25) is 4.79 Å². The highest BCUT2D eigenvalue weighted by Gasteiger charge is 2.46. The summed E-state index contributed by atoms with van der Waals surface area (Å²) in [6.45, 7) is 8.23. The van der Waals surface area contributed by atoms with E-state index in [4.69, 9.17) is 4.74 Å². The van der Waals surface area contributed by atoms with E-state index in [-0.39, 0.29) is 11.4 Å². The van der Waals surface area contributed by atoms with E-state index in [1.54, 1.807) is 0 Å². The average Bonchev–Trinajstić information content (AvgIpc) is 2.28. The maximum absolute atomic E-state index is 11.7. The van der Waals surface area contributed by atoms with Gasteiger partial charge in [-0.2, -0.15) is 0 Å². The van der Waals surface area contributed by atoms with Crippen LogP contribution in [-0.4, -0.2) is 37.6 Å². The topological polar surface area (TPSA) is 29.5 Å². The number of rotatable bonds is 2. The quantitative estimate of drug-likeness (QED) is 0.604. The molecule has 0 aromatic heterocycles.